The molecule has 0 amide bonds. The van der Waals surface area contributed by atoms with E-state index in [9.17, 15) is 9.90 Å². The van der Waals surface area contributed by atoms with Crippen molar-refractivity contribution in [1.82, 2.24) is 4.90 Å². The predicted molar refractivity (Wildman–Crippen MR) is 74.7 cm³/mol. The van der Waals surface area contributed by atoms with Crippen LogP contribution in [-0.2, 0) is 4.79 Å². The van der Waals surface area contributed by atoms with Crippen LogP contribution in [-0.4, -0.2) is 35.6 Å². The lowest BCUT2D eigenvalue weighted by molar-refractivity contribution is -0.151. The number of rotatable bonds is 6. The first kappa shape index (κ1) is 16.0. The molecule has 0 aromatic rings. The largest absolute Gasteiger partial charge is 0.481 e. The summed E-state index contributed by atoms with van der Waals surface area (Å²) in [6.45, 7) is 8.39. The van der Waals surface area contributed by atoms with E-state index in [1.165, 1.54) is 0 Å². The molecule has 19 heavy (non-hydrogen) atoms. The number of hydrogen-bond acceptors (Lipinski definition) is 3. The Kier molecular flexibility index (Phi) is 5.37. The van der Waals surface area contributed by atoms with Crippen LogP contribution in [0.4, 0.5) is 0 Å². The van der Waals surface area contributed by atoms with Crippen LogP contribution >= 0.6 is 0 Å². The molecule has 1 aliphatic heterocycles. The van der Waals surface area contributed by atoms with Crippen molar-refractivity contribution >= 4 is 5.97 Å². The second-order valence-corrected chi connectivity index (χ2v) is 6.70. The first-order valence-corrected chi connectivity index (χ1v) is 7.16. The van der Waals surface area contributed by atoms with E-state index in [1.54, 1.807) is 0 Å². The van der Waals surface area contributed by atoms with Gasteiger partial charge in [-0.1, -0.05) is 6.42 Å². The first-order chi connectivity index (χ1) is 8.79. The van der Waals surface area contributed by atoms with E-state index in [0.717, 1.165) is 45.2 Å². The van der Waals surface area contributed by atoms with E-state index in [1.807, 2.05) is 20.8 Å². The lowest BCUT2D eigenvalue weighted by Gasteiger charge is -2.37. The minimum Gasteiger partial charge on any atom is -0.481 e. The number of carbonyl (C=O) groups is 1. The molecule has 1 unspecified atom stereocenters. The van der Waals surface area contributed by atoms with Gasteiger partial charge in [0.15, 0.2) is 0 Å². The Morgan fingerprint density at radius 2 is 2.16 bits per heavy atom. The van der Waals surface area contributed by atoms with Gasteiger partial charge in [-0.25, -0.2) is 0 Å². The highest BCUT2D eigenvalue weighted by atomic mass is 16.4. The van der Waals surface area contributed by atoms with Crippen molar-refractivity contribution in [3.8, 4) is 6.07 Å². The molecule has 1 aliphatic rings. The fourth-order valence-electron chi connectivity index (χ4n) is 2.67. The van der Waals surface area contributed by atoms with Crippen LogP contribution in [0, 0.1) is 22.2 Å². The number of carboxylic acid groups (broad SMARTS) is 1. The summed E-state index contributed by atoms with van der Waals surface area (Å²) in [4.78, 5) is 13.5. The molecule has 1 N–H and O–H groups in total. The van der Waals surface area contributed by atoms with E-state index < -0.39 is 11.4 Å². The number of likely N-dealkylation sites (tertiary alicyclic amines) is 1. The minimum atomic E-state index is -0.678. The molecular weight excluding hydrogens is 240 g/mol. The van der Waals surface area contributed by atoms with Crippen LogP contribution in [0.5, 0.6) is 0 Å². The van der Waals surface area contributed by atoms with E-state index in [2.05, 4.69) is 11.0 Å². The number of carboxylic acids is 1. The molecule has 0 aromatic heterocycles. The third kappa shape index (κ3) is 4.83. The summed E-state index contributed by atoms with van der Waals surface area (Å²) in [5, 5.41) is 18.2. The van der Waals surface area contributed by atoms with Crippen LogP contribution < -0.4 is 0 Å². The molecule has 108 valence electrons. The highest BCUT2D eigenvalue weighted by molar-refractivity contribution is 5.74. The molecule has 1 fully saturated rings. The smallest absolute Gasteiger partial charge is 0.310 e. The summed E-state index contributed by atoms with van der Waals surface area (Å²) in [5.41, 5.74) is -0.818. The third-order valence-corrected chi connectivity index (χ3v) is 4.12. The summed E-state index contributed by atoms with van der Waals surface area (Å²) in [6, 6.07) is 2.32. The number of nitriles is 1. The standard InChI is InChI=1S/C15H26N2O2/c1-14(2,11-16)7-4-5-9-17-10-6-8-15(3,12-17)13(18)19/h4-10,12H2,1-3H3,(H,18,19). The monoisotopic (exact) mass is 266 g/mol. The lowest BCUT2D eigenvalue weighted by atomic mass is 9.82. The van der Waals surface area contributed by atoms with Crippen molar-refractivity contribution < 1.29 is 9.90 Å². The Hall–Kier alpha value is -1.08. The second kappa shape index (κ2) is 6.38. The molecule has 0 spiro atoms. The Bertz CT molecular complexity index is 360. The SMILES string of the molecule is CC(C)(C#N)CCCCN1CCCC(C)(C(=O)O)C1. The fraction of sp³-hybridized carbons (Fsp3) is 0.867. The topological polar surface area (TPSA) is 64.3 Å². The maximum Gasteiger partial charge on any atom is 0.310 e. The minimum absolute atomic E-state index is 0.239. The molecule has 4 nitrogen and oxygen atoms in total. The Morgan fingerprint density at radius 1 is 1.47 bits per heavy atom. The predicted octanol–water partition coefficient (Wildman–Crippen LogP) is 2.89. The van der Waals surface area contributed by atoms with Crippen LogP contribution in [0.3, 0.4) is 0 Å². The molecule has 1 rings (SSSR count). The van der Waals surface area contributed by atoms with Crippen molar-refractivity contribution in [3.63, 3.8) is 0 Å². The third-order valence-electron chi connectivity index (χ3n) is 4.12. The molecule has 0 aromatic carbocycles. The highest BCUT2D eigenvalue weighted by Gasteiger charge is 2.37. The van der Waals surface area contributed by atoms with Gasteiger partial charge in [-0.05, 0) is 59.5 Å². The molecule has 0 saturated carbocycles. The molecule has 1 atom stereocenters. The maximum atomic E-state index is 11.3. The van der Waals surface area contributed by atoms with Gasteiger partial charge in [-0.15, -0.1) is 0 Å². The Balaban J connectivity index is 2.31. The lowest BCUT2D eigenvalue weighted by Crippen LogP contribution is -2.46. The molecule has 1 saturated heterocycles. The zero-order chi connectivity index (χ0) is 14.5. The first-order valence-electron chi connectivity index (χ1n) is 7.16. The molecular formula is C15H26N2O2. The quantitative estimate of drug-likeness (QED) is 0.751. The van der Waals surface area contributed by atoms with Crippen LogP contribution in [0.2, 0.25) is 0 Å². The van der Waals surface area contributed by atoms with Gasteiger partial charge < -0.3 is 10.0 Å². The number of piperidine rings is 1. The van der Waals surface area contributed by atoms with Crippen molar-refractivity contribution in [1.29, 1.82) is 5.26 Å². The summed E-state index contributed by atoms with van der Waals surface area (Å²) < 4.78 is 0. The summed E-state index contributed by atoms with van der Waals surface area (Å²) in [6.07, 6.45) is 4.72. The van der Waals surface area contributed by atoms with Crippen molar-refractivity contribution in [2.24, 2.45) is 10.8 Å². The normalized spacial score (nSPS) is 24.9. The molecule has 0 bridgehead atoms. The zero-order valence-electron chi connectivity index (χ0n) is 12.4. The van der Waals surface area contributed by atoms with Crippen molar-refractivity contribution in [2.45, 2.75) is 52.9 Å². The molecule has 0 aliphatic carbocycles. The van der Waals surface area contributed by atoms with E-state index in [4.69, 9.17) is 5.26 Å². The van der Waals surface area contributed by atoms with Crippen LogP contribution in [0.1, 0.15) is 52.9 Å². The number of aliphatic carboxylic acids is 1. The van der Waals surface area contributed by atoms with Gasteiger partial charge in [0.1, 0.15) is 0 Å². The van der Waals surface area contributed by atoms with Crippen LogP contribution in [0.15, 0.2) is 0 Å². The van der Waals surface area contributed by atoms with E-state index in [-0.39, 0.29) is 5.41 Å². The molecule has 4 heteroatoms. The van der Waals surface area contributed by atoms with Crippen LogP contribution in [0.25, 0.3) is 0 Å². The summed E-state index contributed by atoms with van der Waals surface area (Å²) >= 11 is 0. The van der Waals surface area contributed by atoms with Gasteiger partial charge >= 0.3 is 5.97 Å². The number of unbranched alkanes of at least 4 members (excludes halogenated alkanes) is 1. The number of nitrogens with zero attached hydrogens (tertiary/aromatic N) is 2. The van der Waals surface area contributed by atoms with Gasteiger partial charge in [0.05, 0.1) is 16.9 Å². The summed E-state index contributed by atoms with van der Waals surface area (Å²) in [5.74, 6) is -0.678. The Labute approximate surface area is 116 Å². The van der Waals surface area contributed by atoms with E-state index >= 15 is 0 Å². The number of hydrogen-bond donors (Lipinski definition) is 1. The van der Waals surface area contributed by atoms with Gasteiger partial charge in [0, 0.05) is 6.54 Å². The van der Waals surface area contributed by atoms with E-state index in [0.29, 0.717) is 6.54 Å². The summed E-state index contributed by atoms with van der Waals surface area (Å²) in [7, 11) is 0. The van der Waals surface area contributed by atoms with Gasteiger partial charge in [-0.3, -0.25) is 4.79 Å². The molecule has 0 radical (unpaired) electrons. The zero-order valence-corrected chi connectivity index (χ0v) is 12.4. The van der Waals surface area contributed by atoms with Gasteiger partial charge in [0.25, 0.3) is 0 Å². The second-order valence-electron chi connectivity index (χ2n) is 6.70. The van der Waals surface area contributed by atoms with Crippen molar-refractivity contribution in [3.05, 3.63) is 0 Å². The fourth-order valence-corrected chi connectivity index (χ4v) is 2.67. The van der Waals surface area contributed by atoms with Crippen molar-refractivity contribution in [2.75, 3.05) is 19.6 Å². The van der Waals surface area contributed by atoms with Gasteiger partial charge in [0.2, 0.25) is 0 Å². The maximum absolute atomic E-state index is 11.3. The molecule has 1 heterocycles. The highest BCUT2D eigenvalue weighted by Crippen LogP contribution is 2.30. The average Bonchev–Trinajstić information content (AvgIpc) is 2.35. The Morgan fingerprint density at radius 3 is 2.74 bits per heavy atom. The van der Waals surface area contributed by atoms with Gasteiger partial charge in [-0.2, -0.15) is 5.26 Å². The average molecular weight is 266 g/mol.